The van der Waals surface area contributed by atoms with Crippen molar-refractivity contribution >= 4 is 11.6 Å². The molecule has 2 aliphatic rings. The summed E-state index contributed by atoms with van der Waals surface area (Å²) >= 11 is 0. The van der Waals surface area contributed by atoms with Crippen LogP contribution >= 0.6 is 0 Å². The summed E-state index contributed by atoms with van der Waals surface area (Å²) < 4.78 is 0. The third kappa shape index (κ3) is 4.24. The third-order valence-corrected chi connectivity index (χ3v) is 4.80. The Morgan fingerprint density at radius 3 is 2.52 bits per heavy atom. The monoisotopic (exact) mass is 316 g/mol. The van der Waals surface area contributed by atoms with Crippen molar-refractivity contribution in [1.29, 1.82) is 0 Å². The number of amides is 1. The van der Waals surface area contributed by atoms with Crippen molar-refractivity contribution in [2.24, 2.45) is 0 Å². The molecule has 2 fully saturated rings. The number of aryl methyl sites for hydroxylation is 1. The Kier molecular flexibility index (Phi) is 5.51. The van der Waals surface area contributed by atoms with Gasteiger partial charge in [-0.1, -0.05) is 6.92 Å². The van der Waals surface area contributed by atoms with Gasteiger partial charge in [-0.2, -0.15) is 0 Å². The lowest BCUT2D eigenvalue weighted by Gasteiger charge is -2.30. The third-order valence-electron chi connectivity index (χ3n) is 4.80. The highest BCUT2D eigenvalue weighted by molar-refractivity contribution is 5.95. The molecule has 3 N–H and O–H groups in total. The molecule has 2 saturated heterocycles. The predicted octanol–water partition coefficient (Wildman–Crippen LogP) is 1.14. The molecular weight excluding hydrogens is 288 g/mol. The van der Waals surface area contributed by atoms with Gasteiger partial charge in [-0.15, -0.1) is 0 Å². The van der Waals surface area contributed by atoms with E-state index in [9.17, 15) is 4.79 Å². The molecule has 0 saturated carbocycles. The molecule has 1 amide bonds. The molecule has 0 atom stereocenters. The summed E-state index contributed by atoms with van der Waals surface area (Å²) in [5.41, 5.74) is 3.22. The molecule has 0 radical (unpaired) electrons. The fourth-order valence-corrected chi connectivity index (χ4v) is 3.35. The van der Waals surface area contributed by atoms with E-state index in [0.29, 0.717) is 6.04 Å². The second-order valence-corrected chi connectivity index (χ2v) is 6.48. The van der Waals surface area contributed by atoms with Crippen molar-refractivity contribution in [1.82, 2.24) is 16.0 Å². The minimum absolute atomic E-state index is 0.0728. The molecule has 1 aromatic carbocycles. The van der Waals surface area contributed by atoms with Crippen molar-refractivity contribution in [3.63, 3.8) is 0 Å². The maximum atomic E-state index is 12.7. The van der Waals surface area contributed by atoms with Crippen LogP contribution in [0.4, 0.5) is 5.69 Å². The summed E-state index contributed by atoms with van der Waals surface area (Å²) in [6, 6.07) is 6.63. The van der Waals surface area contributed by atoms with Crippen molar-refractivity contribution in [2.75, 3.05) is 44.2 Å². The summed E-state index contributed by atoms with van der Waals surface area (Å²) in [4.78, 5) is 15.0. The number of piperidine rings is 1. The Morgan fingerprint density at radius 2 is 1.83 bits per heavy atom. The van der Waals surface area contributed by atoms with Gasteiger partial charge in [0.2, 0.25) is 0 Å². The van der Waals surface area contributed by atoms with Crippen LogP contribution in [0.1, 0.15) is 35.7 Å². The molecule has 126 valence electrons. The lowest BCUT2D eigenvalue weighted by molar-refractivity contribution is 0.0929. The first-order valence-electron chi connectivity index (χ1n) is 8.87. The van der Waals surface area contributed by atoms with Gasteiger partial charge in [-0.3, -0.25) is 4.79 Å². The van der Waals surface area contributed by atoms with Gasteiger partial charge in [0, 0.05) is 43.5 Å². The maximum absolute atomic E-state index is 12.7. The highest BCUT2D eigenvalue weighted by Gasteiger charge is 2.18. The van der Waals surface area contributed by atoms with Crippen LogP contribution in [0.15, 0.2) is 18.2 Å². The van der Waals surface area contributed by atoms with Gasteiger partial charge < -0.3 is 20.9 Å². The summed E-state index contributed by atoms with van der Waals surface area (Å²) in [6.45, 7) is 8.15. The summed E-state index contributed by atoms with van der Waals surface area (Å²) in [7, 11) is 0. The smallest absolute Gasteiger partial charge is 0.251 e. The average molecular weight is 316 g/mol. The van der Waals surface area contributed by atoms with Gasteiger partial charge in [0.1, 0.15) is 0 Å². The van der Waals surface area contributed by atoms with Crippen LogP contribution in [-0.2, 0) is 6.42 Å². The maximum Gasteiger partial charge on any atom is 0.251 e. The van der Waals surface area contributed by atoms with Crippen LogP contribution in [0.25, 0.3) is 0 Å². The number of anilines is 1. The quantitative estimate of drug-likeness (QED) is 0.780. The number of hydrogen-bond acceptors (Lipinski definition) is 4. The molecule has 0 unspecified atom stereocenters. The predicted molar refractivity (Wildman–Crippen MR) is 94.3 cm³/mol. The molecule has 23 heavy (non-hydrogen) atoms. The average Bonchev–Trinajstić information content (AvgIpc) is 2.63. The van der Waals surface area contributed by atoms with Crippen LogP contribution in [0.3, 0.4) is 0 Å². The van der Waals surface area contributed by atoms with E-state index in [1.807, 2.05) is 6.07 Å². The van der Waals surface area contributed by atoms with E-state index in [-0.39, 0.29) is 5.91 Å². The number of piperazine rings is 1. The zero-order chi connectivity index (χ0) is 16.1. The van der Waals surface area contributed by atoms with Crippen molar-refractivity contribution in [3.8, 4) is 0 Å². The number of nitrogens with one attached hydrogen (secondary N) is 3. The van der Waals surface area contributed by atoms with E-state index in [2.05, 4.69) is 39.9 Å². The second kappa shape index (κ2) is 7.79. The van der Waals surface area contributed by atoms with Gasteiger partial charge in [-0.25, -0.2) is 0 Å². The topological polar surface area (TPSA) is 56.4 Å². The van der Waals surface area contributed by atoms with Crippen molar-refractivity contribution in [3.05, 3.63) is 29.3 Å². The summed E-state index contributed by atoms with van der Waals surface area (Å²) in [5.74, 6) is 0.0728. The number of carbonyl (C=O) groups is 1. The minimum atomic E-state index is 0.0728. The number of nitrogens with zero attached hydrogens (tertiary/aromatic N) is 1. The normalized spacial score (nSPS) is 19.6. The first-order valence-corrected chi connectivity index (χ1v) is 8.87. The van der Waals surface area contributed by atoms with E-state index < -0.39 is 0 Å². The van der Waals surface area contributed by atoms with Crippen LogP contribution in [0, 0.1) is 0 Å². The number of rotatable bonds is 4. The molecule has 0 bridgehead atoms. The molecule has 0 spiro atoms. The van der Waals surface area contributed by atoms with Gasteiger partial charge in [0.25, 0.3) is 5.91 Å². The van der Waals surface area contributed by atoms with Crippen molar-refractivity contribution in [2.45, 2.75) is 32.2 Å². The molecule has 3 rings (SSSR count). The standard InChI is InChI=1S/C18H28N4O/c1-2-14-11-15(18(23)21-16-3-5-19-6-4-16)13-17(12-14)22-9-7-20-8-10-22/h11-13,16,19-20H,2-10H2,1H3,(H,21,23). The minimum Gasteiger partial charge on any atom is -0.369 e. The van der Waals surface area contributed by atoms with Crippen LogP contribution in [0.2, 0.25) is 0 Å². The highest BCUT2D eigenvalue weighted by Crippen LogP contribution is 2.21. The van der Waals surface area contributed by atoms with E-state index in [1.54, 1.807) is 0 Å². The van der Waals surface area contributed by atoms with Gasteiger partial charge in [0.15, 0.2) is 0 Å². The van der Waals surface area contributed by atoms with Crippen molar-refractivity contribution < 1.29 is 4.79 Å². The van der Waals surface area contributed by atoms with E-state index >= 15 is 0 Å². The first-order chi connectivity index (χ1) is 11.3. The Morgan fingerprint density at radius 1 is 1.13 bits per heavy atom. The molecule has 0 aromatic heterocycles. The molecule has 5 nitrogen and oxygen atoms in total. The fraction of sp³-hybridized carbons (Fsp3) is 0.611. The van der Waals surface area contributed by atoms with Gasteiger partial charge in [-0.05, 0) is 56.1 Å². The molecule has 0 aliphatic carbocycles. The number of hydrogen-bond donors (Lipinski definition) is 3. The Hall–Kier alpha value is -1.59. The molecule has 2 aliphatic heterocycles. The number of benzene rings is 1. The lowest BCUT2D eigenvalue weighted by atomic mass is 10.0. The van der Waals surface area contributed by atoms with E-state index in [1.165, 1.54) is 11.3 Å². The fourth-order valence-electron chi connectivity index (χ4n) is 3.35. The first kappa shape index (κ1) is 16.3. The molecule has 5 heteroatoms. The molecular formula is C18H28N4O. The van der Waals surface area contributed by atoms with Crippen LogP contribution in [0.5, 0.6) is 0 Å². The zero-order valence-corrected chi connectivity index (χ0v) is 14.0. The van der Waals surface area contributed by atoms with Crippen LogP contribution in [-0.4, -0.2) is 51.2 Å². The highest BCUT2D eigenvalue weighted by atomic mass is 16.1. The Labute approximate surface area is 138 Å². The second-order valence-electron chi connectivity index (χ2n) is 6.48. The molecule has 2 heterocycles. The summed E-state index contributed by atoms with van der Waals surface area (Å²) in [5, 5.41) is 9.92. The molecule has 1 aromatic rings. The zero-order valence-electron chi connectivity index (χ0n) is 14.0. The Bertz CT molecular complexity index is 534. The SMILES string of the molecule is CCc1cc(C(=O)NC2CCNCC2)cc(N2CCNCC2)c1. The largest absolute Gasteiger partial charge is 0.369 e. The lowest BCUT2D eigenvalue weighted by Crippen LogP contribution is -2.44. The Balaban J connectivity index is 1.75. The summed E-state index contributed by atoms with van der Waals surface area (Å²) in [6.07, 6.45) is 2.99. The van der Waals surface area contributed by atoms with Gasteiger partial charge >= 0.3 is 0 Å². The van der Waals surface area contributed by atoms with Crippen LogP contribution < -0.4 is 20.9 Å². The van der Waals surface area contributed by atoms with E-state index in [0.717, 1.165) is 64.1 Å². The van der Waals surface area contributed by atoms with Gasteiger partial charge in [0.05, 0.1) is 0 Å². The number of carbonyl (C=O) groups excluding carboxylic acids is 1. The van der Waals surface area contributed by atoms with E-state index in [4.69, 9.17) is 0 Å².